The molecule has 8 rings (SSSR count). The van der Waals surface area contributed by atoms with Crippen LogP contribution in [-0.4, -0.2) is 63.9 Å². The Hall–Kier alpha value is -9.20. The van der Waals surface area contributed by atoms with E-state index in [0.29, 0.717) is 56.3 Å². The summed E-state index contributed by atoms with van der Waals surface area (Å²) in [5.74, 6) is 1.09. The van der Waals surface area contributed by atoms with E-state index in [-0.39, 0.29) is 36.0 Å². The molecule has 0 atom stereocenters. The summed E-state index contributed by atoms with van der Waals surface area (Å²) in [6, 6.07) is 27.2. The van der Waals surface area contributed by atoms with Crippen LogP contribution in [0.3, 0.4) is 0 Å². The summed E-state index contributed by atoms with van der Waals surface area (Å²) in [5, 5.41) is 39.7. The van der Waals surface area contributed by atoms with Crippen molar-refractivity contribution < 1.29 is 38.8 Å². The van der Waals surface area contributed by atoms with E-state index in [9.17, 15) is 29.8 Å². The average molecular weight is 849 g/mol. The summed E-state index contributed by atoms with van der Waals surface area (Å²) < 4.78 is 16.5. The van der Waals surface area contributed by atoms with E-state index in [1.54, 1.807) is 97.3 Å². The van der Waals surface area contributed by atoms with Gasteiger partial charge in [0.15, 0.2) is 11.4 Å². The molecule has 20 nitrogen and oxygen atoms in total. The van der Waals surface area contributed by atoms with Crippen molar-refractivity contribution in [1.82, 2.24) is 29.9 Å². The second-order valence-corrected chi connectivity index (χ2v) is 13.1. The molecular weight excluding hydrogens is 817 g/mol. The van der Waals surface area contributed by atoms with Crippen molar-refractivity contribution in [2.24, 2.45) is 0 Å². The molecule has 0 spiro atoms. The molecule has 63 heavy (non-hydrogen) atoms. The number of anilines is 4. The van der Waals surface area contributed by atoms with E-state index in [0.717, 1.165) is 17.3 Å². The lowest BCUT2D eigenvalue weighted by atomic mass is 10.1. The van der Waals surface area contributed by atoms with Crippen LogP contribution < -0.4 is 20.1 Å². The number of nitro groups is 2. The number of aromatic nitrogens is 6. The molecule has 3 N–H and O–H groups in total. The SMILES string of the molecule is COC(=O)c1cnc(Nc2cc(COc3ccc([N+](=O)[O-])c4ccccc34)ccn2)cn1.O=C(O)c1cnc(Nc2cc(COc3ccc([N+](=O)[O-])c4ccccc34)ccn2)cn1. The maximum absolute atomic E-state index is 11.4. The third kappa shape index (κ3) is 10.3. The fraction of sp³-hybridized carbons (Fsp3) is 0.0698. The number of hydrogen-bond donors (Lipinski definition) is 3. The van der Waals surface area contributed by atoms with E-state index in [4.69, 9.17) is 14.6 Å². The number of esters is 1. The van der Waals surface area contributed by atoms with Gasteiger partial charge in [-0.3, -0.25) is 20.2 Å². The first-order chi connectivity index (χ1) is 30.6. The normalized spacial score (nSPS) is 10.6. The Morgan fingerprint density at radius 3 is 1.41 bits per heavy atom. The van der Waals surface area contributed by atoms with Gasteiger partial charge in [-0.1, -0.05) is 36.4 Å². The number of carboxylic acids is 1. The fourth-order valence-corrected chi connectivity index (χ4v) is 6.04. The molecule has 8 aromatic rings. The quantitative estimate of drug-likeness (QED) is 0.0531. The number of rotatable bonds is 14. The molecule has 4 heterocycles. The monoisotopic (exact) mass is 848 g/mol. The average Bonchev–Trinajstić information content (AvgIpc) is 3.30. The van der Waals surface area contributed by atoms with Gasteiger partial charge in [0.1, 0.15) is 48.0 Å². The van der Waals surface area contributed by atoms with E-state index < -0.39 is 21.8 Å². The predicted octanol–water partition coefficient (Wildman–Crippen LogP) is 8.00. The Balaban J connectivity index is 0.000000189. The minimum atomic E-state index is -1.16. The van der Waals surface area contributed by atoms with Gasteiger partial charge in [0, 0.05) is 35.3 Å². The molecule has 0 fully saturated rings. The summed E-state index contributed by atoms with van der Waals surface area (Å²) >= 11 is 0. The Kier molecular flexibility index (Phi) is 12.8. The van der Waals surface area contributed by atoms with Crippen LogP contribution in [0.1, 0.15) is 32.1 Å². The Bertz CT molecular complexity index is 2970. The van der Waals surface area contributed by atoms with Crippen molar-refractivity contribution in [3.63, 3.8) is 0 Å². The van der Waals surface area contributed by atoms with Gasteiger partial charge in [-0.05, 0) is 59.7 Å². The Morgan fingerprint density at radius 2 is 1.02 bits per heavy atom. The van der Waals surface area contributed by atoms with E-state index in [2.05, 4.69) is 45.3 Å². The molecular formula is C43H32N10O10. The first-order valence-corrected chi connectivity index (χ1v) is 18.5. The number of non-ortho nitro benzene ring substituents is 2. The number of hydrogen-bond acceptors (Lipinski definition) is 17. The zero-order valence-corrected chi connectivity index (χ0v) is 32.8. The molecule has 0 bridgehead atoms. The summed E-state index contributed by atoms with van der Waals surface area (Å²) in [7, 11) is 1.27. The molecule has 0 amide bonds. The number of nitrogens with one attached hydrogen (secondary N) is 2. The number of carboxylic acid groups (broad SMARTS) is 1. The molecule has 0 aliphatic heterocycles. The molecule has 0 saturated heterocycles. The molecule has 314 valence electrons. The molecule has 0 radical (unpaired) electrons. The number of carbonyl (C=O) groups is 2. The van der Waals surface area contributed by atoms with Crippen molar-refractivity contribution in [3.8, 4) is 11.5 Å². The van der Waals surface area contributed by atoms with Gasteiger partial charge in [0.05, 0.1) is 52.5 Å². The van der Waals surface area contributed by atoms with E-state index >= 15 is 0 Å². The minimum Gasteiger partial charge on any atom is -0.488 e. The zero-order chi connectivity index (χ0) is 44.3. The van der Waals surface area contributed by atoms with Crippen LogP contribution in [0.4, 0.5) is 34.6 Å². The molecule has 20 heteroatoms. The number of ether oxygens (including phenoxy) is 3. The standard InChI is InChI=1S/C22H17N5O5.C21H15N5O5/c1-31-22(28)17-11-25-21(12-24-17)26-20-10-14(8-9-23-20)13-32-19-7-6-18(27(29)30)15-4-2-3-5-16(15)19;27-21(28)16-10-24-20(11-23-16)25-19-9-13(7-8-22-19)12-31-18-6-5-17(26(29)30)14-3-1-2-4-15(14)18/h2-12H,13H2,1H3,(H,23,25,26);1-11H,12H2,(H,27,28)(H,22,24,25). The number of carbonyl (C=O) groups excluding carboxylic acids is 1. The third-order valence-electron chi connectivity index (χ3n) is 8.98. The Morgan fingerprint density at radius 1 is 0.571 bits per heavy atom. The molecule has 0 aliphatic rings. The van der Waals surface area contributed by atoms with Crippen LogP contribution in [0.5, 0.6) is 11.5 Å². The van der Waals surface area contributed by atoms with Crippen molar-refractivity contribution in [1.29, 1.82) is 0 Å². The first-order valence-electron chi connectivity index (χ1n) is 18.5. The van der Waals surface area contributed by atoms with Crippen LogP contribution in [-0.2, 0) is 18.0 Å². The Labute approximate surface area is 355 Å². The number of aromatic carboxylic acids is 1. The van der Waals surface area contributed by atoms with Gasteiger partial charge in [-0.25, -0.2) is 39.5 Å². The van der Waals surface area contributed by atoms with Crippen molar-refractivity contribution >= 4 is 68.1 Å². The maximum Gasteiger partial charge on any atom is 0.358 e. The van der Waals surface area contributed by atoms with Gasteiger partial charge in [0.25, 0.3) is 11.4 Å². The molecule has 0 saturated carbocycles. The highest BCUT2D eigenvalue weighted by atomic mass is 16.6. The lowest BCUT2D eigenvalue weighted by Crippen LogP contribution is -2.06. The molecule has 4 aromatic heterocycles. The minimum absolute atomic E-state index is 0.0216. The van der Waals surface area contributed by atoms with Gasteiger partial charge < -0.3 is 30.0 Å². The zero-order valence-electron chi connectivity index (χ0n) is 32.8. The second-order valence-electron chi connectivity index (χ2n) is 13.1. The highest BCUT2D eigenvalue weighted by molar-refractivity contribution is 5.96. The first kappa shape index (κ1) is 41.9. The molecule has 0 aliphatic carbocycles. The highest BCUT2D eigenvalue weighted by Gasteiger charge is 2.17. The van der Waals surface area contributed by atoms with Gasteiger partial charge >= 0.3 is 11.9 Å². The van der Waals surface area contributed by atoms with Crippen molar-refractivity contribution in [3.05, 3.63) is 177 Å². The fourth-order valence-electron chi connectivity index (χ4n) is 6.04. The second kappa shape index (κ2) is 19.2. The predicted molar refractivity (Wildman–Crippen MR) is 227 cm³/mol. The van der Waals surface area contributed by atoms with Crippen LogP contribution in [0, 0.1) is 20.2 Å². The smallest absolute Gasteiger partial charge is 0.358 e. The van der Waals surface area contributed by atoms with Crippen LogP contribution in [0.15, 0.2) is 134 Å². The number of fused-ring (bicyclic) bond motifs is 2. The maximum atomic E-state index is 11.4. The van der Waals surface area contributed by atoms with Crippen LogP contribution in [0.25, 0.3) is 21.5 Å². The highest BCUT2D eigenvalue weighted by Crippen LogP contribution is 2.34. The number of nitrogens with zero attached hydrogens (tertiary/aromatic N) is 8. The van der Waals surface area contributed by atoms with Gasteiger partial charge in [-0.2, -0.15) is 0 Å². The number of nitro benzene ring substituents is 2. The number of pyridine rings is 2. The molecule has 0 unspecified atom stereocenters. The van der Waals surface area contributed by atoms with Crippen molar-refractivity contribution in [2.75, 3.05) is 17.7 Å². The van der Waals surface area contributed by atoms with Crippen LogP contribution in [0.2, 0.25) is 0 Å². The third-order valence-corrected chi connectivity index (χ3v) is 8.98. The molecule has 4 aromatic carbocycles. The largest absolute Gasteiger partial charge is 0.488 e. The van der Waals surface area contributed by atoms with Gasteiger partial charge in [0.2, 0.25) is 0 Å². The number of methoxy groups -OCH3 is 1. The summed E-state index contributed by atoms with van der Waals surface area (Å²) in [6.45, 7) is 0.439. The topological polar surface area (TPSA) is 270 Å². The lowest BCUT2D eigenvalue weighted by molar-refractivity contribution is -0.383. The summed E-state index contributed by atoms with van der Waals surface area (Å²) in [5.41, 5.74) is 1.62. The van der Waals surface area contributed by atoms with E-state index in [1.807, 2.05) is 0 Å². The number of benzene rings is 4. The summed E-state index contributed by atoms with van der Waals surface area (Å²) in [6.07, 6.45) is 8.37. The van der Waals surface area contributed by atoms with Gasteiger partial charge in [-0.15, -0.1) is 0 Å². The van der Waals surface area contributed by atoms with Crippen molar-refractivity contribution in [2.45, 2.75) is 13.2 Å². The van der Waals surface area contributed by atoms with Crippen LogP contribution >= 0.6 is 0 Å². The lowest BCUT2D eigenvalue weighted by Gasteiger charge is -2.11. The summed E-state index contributed by atoms with van der Waals surface area (Å²) in [4.78, 5) is 68.4. The van der Waals surface area contributed by atoms with E-state index in [1.165, 1.54) is 37.8 Å².